The lowest BCUT2D eigenvalue weighted by Crippen LogP contribution is -2.49. The van der Waals surface area contributed by atoms with Crippen LogP contribution in [0.1, 0.15) is 19.3 Å². The molecule has 2 aliphatic rings. The Morgan fingerprint density at radius 1 is 1.33 bits per heavy atom. The Balaban J connectivity index is 1.67. The van der Waals surface area contributed by atoms with Crippen LogP contribution >= 0.6 is 0 Å². The number of nitrogens with one attached hydrogen (secondary N) is 1. The van der Waals surface area contributed by atoms with Crippen molar-refractivity contribution in [3.05, 3.63) is 0 Å². The molecule has 1 atom stereocenters. The molecule has 0 bridgehead atoms. The standard InChI is InChI=1S/C9H18N2O/c1-11-3-2-7(6-11)10-8-4-9(12)5-8/h7-10,12H,2-6H2,1H3/t7?,8-,9-. The van der Waals surface area contributed by atoms with Gasteiger partial charge in [0.15, 0.2) is 0 Å². The minimum absolute atomic E-state index is 0.0263. The summed E-state index contributed by atoms with van der Waals surface area (Å²) in [5, 5.41) is 12.7. The lowest BCUT2D eigenvalue weighted by molar-refractivity contribution is 0.0582. The fourth-order valence-electron chi connectivity index (χ4n) is 2.13. The summed E-state index contributed by atoms with van der Waals surface area (Å²) in [6, 6.07) is 1.27. The van der Waals surface area contributed by atoms with Crippen LogP contribution < -0.4 is 5.32 Å². The fraction of sp³-hybridized carbons (Fsp3) is 1.00. The average Bonchev–Trinajstić information content (AvgIpc) is 2.33. The molecule has 1 unspecified atom stereocenters. The summed E-state index contributed by atoms with van der Waals surface area (Å²) in [6.07, 6.45) is 3.16. The molecule has 12 heavy (non-hydrogen) atoms. The average molecular weight is 170 g/mol. The highest BCUT2D eigenvalue weighted by Gasteiger charge is 2.30. The number of hydrogen-bond donors (Lipinski definition) is 2. The SMILES string of the molecule is CN1CCC(N[C@H]2C[C@H](O)C2)C1. The van der Waals surface area contributed by atoms with E-state index in [-0.39, 0.29) is 6.10 Å². The van der Waals surface area contributed by atoms with E-state index in [1.807, 2.05) is 0 Å². The first kappa shape index (κ1) is 8.48. The van der Waals surface area contributed by atoms with Crippen molar-refractivity contribution >= 4 is 0 Å². The first-order valence-corrected chi connectivity index (χ1v) is 4.86. The molecule has 1 saturated carbocycles. The zero-order valence-corrected chi connectivity index (χ0v) is 7.66. The van der Waals surface area contributed by atoms with Crippen LogP contribution in [0.25, 0.3) is 0 Å². The van der Waals surface area contributed by atoms with Crippen molar-refractivity contribution in [1.82, 2.24) is 10.2 Å². The third-order valence-electron chi connectivity index (χ3n) is 2.98. The number of aliphatic hydroxyl groups is 1. The van der Waals surface area contributed by atoms with Crippen molar-refractivity contribution in [3.63, 3.8) is 0 Å². The first-order chi connectivity index (χ1) is 5.74. The molecule has 70 valence electrons. The second-order valence-corrected chi connectivity index (χ2v) is 4.24. The van der Waals surface area contributed by atoms with Gasteiger partial charge in [-0.1, -0.05) is 0 Å². The summed E-state index contributed by atoms with van der Waals surface area (Å²) < 4.78 is 0. The van der Waals surface area contributed by atoms with Gasteiger partial charge in [0, 0.05) is 18.6 Å². The normalized spacial score (nSPS) is 43.0. The molecule has 3 nitrogen and oxygen atoms in total. The van der Waals surface area contributed by atoms with Crippen molar-refractivity contribution < 1.29 is 5.11 Å². The maximum Gasteiger partial charge on any atom is 0.0570 e. The molecule has 0 radical (unpaired) electrons. The molecule has 0 aromatic rings. The highest BCUT2D eigenvalue weighted by molar-refractivity contribution is 4.89. The molecule has 0 amide bonds. The van der Waals surface area contributed by atoms with E-state index in [1.54, 1.807) is 0 Å². The van der Waals surface area contributed by atoms with Crippen LogP contribution in [0.2, 0.25) is 0 Å². The molecule has 1 aliphatic carbocycles. The predicted octanol–water partition coefficient (Wildman–Crippen LogP) is -0.197. The zero-order valence-electron chi connectivity index (χ0n) is 7.66. The molecular formula is C9H18N2O. The van der Waals surface area contributed by atoms with Crippen molar-refractivity contribution in [1.29, 1.82) is 0 Å². The monoisotopic (exact) mass is 170 g/mol. The fourth-order valence-corrected chi connectivity index (χ4v) is 2.13. The maximum atomic E-state index is 9.09. The molecule has 1 saturated heterocycles. The Morgan fingerprint density at radius 3 is 2.58 bits per heavy atom. The van der Waals surface area contributed by atoms with Crippen molar-refractivity contribution in [2.45, 2.75) is 37.5 Å². The third kappa shape index (κ3) is 1.79. The first-order valence-electron chi connectivity index (χ1n) is 4.86. The summed E-state index contributed by atoms with van der Waals surface area (Å²) in [4.78, 5) is 2.35. The van der Waals surface area contributed by atoms with Gasteiger partial charge in [-0.15, -0.1) is 0 Å². The second kappa shape index (κ2) is 3.32. The molecule has 2 N–H and O–H groups in total. The van der Waals surface area contributed by atoms with E-state index < -0.39 is 0 Å². The summed E-state index contributed by atoms with van der Waals surface area (Å²) in [7, 11) is 2.16. The van der Waals surface area contributed by atoms with Gasteiger partial charge in [-0.3, -0.25) is 0 Å². The van der Waals surface area contributed by atoms with Gasteiger partial charge in [-0.05, 0) is 32.9 Å². The third-order valence-corrected chi connectivity index (χ3v) is 2.98. The largest absolute Gasteiger partial charge is 0.393 e. The molecule has 0 aromatic heterocycles. The summed E-state index contributed by atoms with van der Waals surface area (Å²) in [6.45, 7) is 2.39. The van der Waals surface area contributed by atoms with Gasteiger partial charge in [-0.2, -0.15) is 0 Å². The van der Waals surface area contributed by atoms with Gasteiger partial charge in [0.2, 0.25) is 0 Å². The molecule has 1 heterocycles. The highest BCUT2D eigenvalue weighted by Crippen LogP contribution is 2.21. The number of hydrogen-bond acceptors (Lipinski definition) is 3. The number of aliphatic hydroxyl groups excluding tert-OH is 1. The van der Waals surface area contributed by atoms with Crippen LogP contribution in [0.15, 0.2) is 0 Å². The van der Waals surface area contributed by atoms with E-state index in [0.717, 1.165) is 12.8 Å². The Bertz CT molecular complexity index is 157. The van der Waals surface area contributed by atoms with Gasteiger partial charge in [0.05, 0.1) is 6.10 Å². The topological polar surface area (TPSA) is 35.5 Å². The minimum atomic E-state index is -0.0263. The second-order valence-electron chi connectivity index (χ2n) is 4.24. The van der Waals surface area contributed by atoms with Gasteiger partial charge in [-0.25, -0.2) is 0 Å². The quantitative estimate of drug-likeness (QED) is 0.602. The summed E-state index contributed by atoms with van der Waals surface area (Å²) in [5.41, 5.74) is 0. The lowest BCUT2D eigenvalue weighted by Gasteiger charge is -2.34. The van der Waals surface area contributed by atoms with Gasteiger partial charge in [0.25, 0.3) is 0 Å². The molecule has 2 rings (SSSR count). The number of likely N-dealkylation sites (N-methyl/N-ethyl adjacent to an activating group) is 1. The molecule has 3 heteroatoms. The van der Waals surface area contributed by atoms with Crippen molar-refractivity contribution in [3.8, 4) is 0 Å². The summed E-state index contributed by atoms with van der Waals surface area (Å²) >= 11 is 0. The van der Waals surface area contributed by atoms with Gasteiger partial charge >= 0.3 is 0 Å². The van der Waals surface area contributed by atoms with E-state index in [2.05, 4.69) is 17.3 Å². The van der Waals surface area contributed by atoms with Crippen LogP contribution in [0.3, 0.4) is 0 Å². The Kier molecular flexibility index (Phi) is 2.35. The summed E-state index contributed by atoms with van der Waals surface area (Å²) in [5.74, 6) is 0. The van der Waals surface area contributed by atoms with E-state index in [1.165, 1.54) is 19.5 Å². The Morgan fingerprint density at radius 2 is 2.08 bits per heavy atom. The van der Waals surface area contributed by atoms with Crippen LogP contribution in [-0.2, 0) is 0 Å². The van der Waals surface area contributed by atoms with Gasteiger partial charge < -0.3 is 15.3 Å². The predicted molar refractivity (Wildman–Crippen MR) is 48.1 cm³/mol. The van der Waals surface area contributed by atoms with Crippen molar-refractivity contribution in [2.24, 2.45) is 0 Å². The molecule has 0 aromatic carbocycles. The van der Waals surface area contributed by atoms with Gasteiger partial charge in [0.1, 0.15) is 0 Å². The zero-order chi connectivity index (χ0) is 8.55. The number of likely N-dealkylation sites (tertiary alicyclic amines) is 1. The number of nitrogens with zero attached hydrogens (tertiary/aromatic N) is 1. The molecule has 2 fully saturated rings. The lowest BCUT2D eigenvalue weighted by atomic mass is 9.89. The maximum absolute atomic E-state index is 9.09. The van der Waals surface area contributed by atoms with E-state index in [9.17, 15) is 0 Å². The Hall–Kier alpha value is -0.120. The van der Waals surface area contributed by atoms with Crippen LogP contribution in [-0.4, -0.2) is 48.3 Å². The minimum Gasteiger partial charge on any atom is -0.393 e. The van der Waals surface area contributed by atoms with E-state index in [4.69, 9.17) is 5.11 Å². The van der Waals surface area contributed by atoms with Crippen molar-refractivity contribution in [2.75, 3.05) is 20.1 Å². The van der Waals surface area contributed by atoms with E-state index in [0.29, 0.717) is 12.1 Å². The molecule has 1 aliphatic heterocycles. The van der Waals surface area contributed by atoms with E-state index >= 15 is 0 Å². The van der Waals surface area contributed by atoms with Crippen LogP contribution in [0.4, 0.5) is 0 Å². The highest BCUT2D eigenvalue weighted by atomic mass is 16.3. The smallest absolute Gasteiger partial charge is 0.0570 e. The van der Waals surface area contributed by atoms with Crippen LogP contribution in [0.5, 0.6) is 0 Å². The Labute approximate surface area is 73.8 Å². The number of rotatable bonds is 2. The van der Waals surface area contributed by atoms with Crippen LogP contribution in [0, 0.1) is 0 Å². The molecule has 0 spiro atoms. The molecular weight excluding hydrogens is 152 g/mol.